The van der Waals surface area contributed by atoms with Gasteiger partial charge in [0.05, 0.1) is 6.20 Å². The summed E-state index contributed by atoms with van der Waals surface area (Å²) >= 11 is 5.68. The second-order valence-corrected chi connectivity index (χ2v) is 3.49. The van der Waals surface area contributed by atoms with Crippen LogP contribution >= 0.6 is 11.6 Å². The van der Waals surface area contributed by atoms with Gasteiger partial charge in [-0.25, -0.2) is 15.0 Å². The van der Waals surface area contributed by atoms with Crippen molar-refractivity contribution in [2.45, 2.75) is 6.18 Å². The predicted octanol–water partition coefficient (Wildman–Crippen LogP) is 3.34. The number of ether oxygens (including phenoxy) is 1. The minimum Gasteiger partial charge on any atom is -0.435 e. The van der Waals surface area contributed by atoms with Gasteiger partial charge >= 0.3 is 6.18 Å². The number of halogens is 4. The van der Waals surface area contributed by atoms with Gasteiger partial charge in [-0.2, -0.15) is 13.2 Å². The van der Waals surface area contributed by atoms with Crippen LogP contribution in [0.2, 0.25) is 5.15 Å². The molecule has 0 saturated carbocycles. The van der Waals surface area contributed by atoms with Crippen molar-refractivity contribution in [2.75, 3.05) is 0 Å². The Morgan fingerprint density at radius 1 is 1.06 bits per heavy atom. The van der Waals surface area contributed by atoms with Crippen molar-refractivity contribution in [1.29, 1.82) is 0 Å². The molecule has 0 radical (unpaired) electrons. The van der Waals surface area contributed by atoms with E-state index in [4.69, 9.17) is 16.3 Å². The lowest BCUT2D eigenvalue weighted by molar-refractivity contribution is -0.141. The van der Waals surface area contributed by atoms with Crippen molar-refractivity contribution in [2.24, 2.45) is 0 Å². The van der Waals surface area contributed by atoms with Gasteiger partial charge in [-0.1, -0.05) is 11.6 Å². The molecule has 0 amide bonds. The molecule has 0 bridgehead atoms. The quantitative estimate of drug-likeness (QED) is 0.843. The van der Waals surface area contributed by atoms with Crippen LogP contribution in [0.4, 0.5) is 13.2 Å². The largest absolute Gasteiger partial charge is 0.435 e. The van der Waals surface area contributed by atoms with E-state index in [9.17, 15) is 13.2 Å². The zero-order chi connectivity index (χ0) is 13.2. The van der Waals surface area contributed by atoms with Gasteiger partial charge in [0.25, 0.3) is 5.88 Å². The second kappa shape index (κ2) is 4.77. The summed E-state index contributed by atoms with van der Waals surface area (Å²) in [5.41, 5.74) is -1.000. The van der Waals surface area contributed by atoms with Crippen molar-refractivity contribution in [3.05, 3.63) is 41.6 Å². The number of hydrogen-bond donors (Lipinski definition) is 0. The smallest absolute Gasteiger partial charge is 0.433 e. The fourth-order valence-electron chi connectivity index (χ4n) is 1.10. The number of pyridine rings is 1. The number of alkyl halides is 3. The summed E-state index contributed by atoms with van der Waals surface area (Å²) in [6.45, 7) is 0. The molecule has 0 unspecified atom stereocenters. The second-order valence-electron chi connectivity index (χ2n) is 3.13. The lowest BCUT2D eigenvalue weighted by Gasteiger charge is -2.07. The van der Waals surface area contributed by atoms with Crippen LogP contribution in [0, 0.1) is 0 Å². The van der Waals surface area contributed by atoms with Gasteiger partial charge in [-0.15, -0.1) is 0 Å². The molecule has 2 aromatic rings. The highest BCUT2D eigenvalue weighted by Crippen LogP contribution is 2.29. The van der Waals surface area contributed by atoms with Crippen LogP contribution in [0.1, 0.15) is 5.69 Å². The predicted molar refractivity (Wildman–Crippen MR) is 56.4 cm³/mol. The number of rotatable bonds is 2. The molecule has 0 spiro atoms. The zero-order valence-corrected chi connectivity index (χ0v) is 9.40. The normalized spacial score (nSPS) is 11.3. The first kappa shape index (κ1) is 12.6. The van der Waals surface area contributed by atoms with E-state index in [0.29, 0.717) is 0 Å². The monoisotopic (exact) mass is 275 g/mol. The van der Waals surface area contributed by atoms with E-state index in [0.717, 1.165) is 18.3 Å². The molecule has 2 heterocycles. The Bertz CT molecular complexity index is 545. The van der Waals surface area contributed by atoms with E-state index >= 15 is 0 Å². The molecule has 2 aromatic heterocycles. The van der Waals surface area contributed by atoms with Gasteiger partial charge in [-0.3, -0.25) is 0 Å². The molecule has 0 aliphatic carbocycles. The minimum absolute atomic E-state index is 0.000672. The Balaban J connectivity index is 2.19. The molecule has 0 fully saturated rings. The van der Waals surface area contributed by atoms with Crippen molar-refractivity contribution in [1.82, 2.24) is 15.0 Å². The van der Waals surface area contributed by atoms with Gasteiger partial charge in [-0.05, 0) is 12.1 Å². The standard InChI is InChI=1S/C10H5ClF3N3O/c11-8-9(16-4-3-15-8)18-6-1-2-7(17-5-6)10(12,13)14/h1-5H. The molecule has 94 valence electrons. The maximum atomic E-state index is 12.3. The van der Waals surface area contributed by atoms with Crippen molar-refractivity contribution >= 4 is 11.6 Å². The van der Waals surface area contributed by atoms with Gasteiger partial charge in [0.15, 0.2) is 5.15 Å². The highest BCUT2D eigenvalue weighted by atomic mass is 35.5. The minimum atomic E-state index is -4.48. The van der Waals surface area contributed by atoms with E-state index < -0.39 is 11.9 Å². The Hall–Kier alpha value is -1.89. The third-order valence-corrected chi connectivity index (χ3v) is 2.12. The van der Waals surface area contributed by atoms with Crippen LogP contribution in [-0.4, -0.2) is 15.0 Å². The summed E-state index contributed by atoms with van der Waals surface area (Å²) < 4.78 is 41.9. The molecular weight excluding hydrogens is 271 g/mol. The molecular formula is C10H5ClF3N3O. The van der Waals surface area contributed by atoms with Crippen LogP contribution in [0.5, 0.6) is 11.6 Å². The number of hydrogen-bond acceptors (Lipinski definition) is 4. The summed E-state index contributed by atoms with van der Waals surface area (Å²) in [4.78, 5) is 10.7. The van der Waals surface area contributed by atoms with Crippen molar-refractivity contribution in [3.8, 4) is 11.6 Å². The highest BCUT2D eigenvalue weighted by Gasteiger charge is 2.32. The molecule has 4 nitrogen and oxygen atoms in total. The SMILES string of the molecule is FC(F)(F)c1ccc(Oc2nccnc2Cl)cn1. The molecule has 0 N–H and O–H groups in total. The van der Waals surface area contributed by atoms with Gasteiger partial charge in [0.2, 0.25) is 0 Å². The average molecular weight is 276 g/mol. The molecule has 8 heteroatoms. The number of aromatic nitrogens is 3. The highest BCUT2D eigenvalue weighted by molar-refractivity contribution is 6.30. The summed E-state index contributed by atoms with van der Waals surface area (Å²) in [5, 5.41) is 0.0115. The molecule has 0 aromatic carbocycles. The van der Waals surface area contributed by atoms with E-state index in [-0.39, 0.29) is 16.8 Å². The fourth-order valence-corrected chi connectivity index (χ4v) is 1.24. The third kappa shape index (κ3) is 2.86. The van der Waals surface area contributed by atoms with Gasteiger partial charge in [0, 0.05) is 12.4 Å². The van der Waals surface area contributed by atoms with Crippen LogP contribution in [0.15, 0.2) is 30.7 Å². The Morgan fingerprint density at radius 3 is 2.33 bits per heavy atom. The van der Waals surface area contributed by atoms with Crippen LogP contribution in [0.25, 0.3) is 0 Å². The first-order chi connectivity index (χ1) is 8.47. The zero-order valence-electron chi connectivity index (χ0n) is 8.65. The van der Waals surface area contributed by atoms with Gasteiger partial charge in [0.1, 0.15) is 11.4 Å². The van der Waals surface area contributed by atoms with Gasteiger partial charge < -0.3 is 4.74 Å². The summed E-state index contributed by atoms with van der Waals surface area (Å²) in [5.74, 6) is 0.0890. The maximum absolute atomic E-state index is 12.3. The molecule has 0 saturated heterocycles. The average Bonchev–Trinajstić information content (AvgIpc) is 2.32. The molecule has 18 heavy (non-hydrogen) atoms. The lowest BCUT2D eigenvalue weighted by atomic mass is 10.3. The fraction of sp³-hybridized carbons (Fsp3) is 0.100. The summed E-state index contributed by atoms with van der Waals surface area (Å²) in [6.07, 6.45) is -0.838. The Morgan fingerprint density at radius 2 is 1.78 bits per heavy atom. The van der Waals surface area contributed by atoms with Crippen LogP contribution < -0.4 is 4.74 Å². The van der Waals surface area contributed by atoms with E-state index in [1.165, 1.54) is 12.4 Å². The van der Waals surface area contributed by atoms with E-state index in [1.807, 2.05) is 0 Å². The summed E-state index contributed by atoms with van der Waals surface area (Å²) in [6, 6.07) is 1.93. The van der Waals surface area contributed by atoms with Crippen LogP contribution in [0.3, 0.4) is 0 Å². The topological polar surface area (TPSA) is 47.9 Å². The maximum Gasteiger partial charge on any atom is 0.433 e. The third-order valence-electron chi connectivity index (χ3n) is 1.86. The first-order valence-electron chi connectivity index (χ1n) is 4.64. The number of nitrogens with zero attached hydrogens (tertiary/aromatic N) is 3. The molecule has 0 atom stereocenters. The molecule has 2 rings (SSSR count). The van der Waals surface area contributed by atoms with Crippen molar-refractivity contribution in [3.63, 3.8) is 0 Å². The van der Waals surface area contributed by atoms with E-state index in [2.05, 4.69) is 15.0 Å². The Labute approximate surface area is 104 Å². The van der Waals surface area contributed by atoms with E-state index in [1.54, 1.807) is 0 Å². The summed E-state index contributed by atoms with van der Waals surface area (Å²) in [7, 11) is 0. The first-order valence-corrected chi connectivity index (χ1v) is 5.02. The lowest BCUT2D eigenvalue weighted by Crippen LogP contribution is -2.07. The van der Waals surface area contributed by atoms with Crippen molar-refractivity contribution < 1.29 is 17.9 Å². The molecule has 0 aliphatic heterocycles. The Kier molecular flexibility index (Phi) is 3.33. The molecule has 0 aliphatic rings. The van der Waals surface area contributed by atoms with Crippen LogP contribution in [-0.2, 0) is 6.18 Å².